The molecule has 0 heterocycles. The summed E-state index contributed by atoms with van der Waals surface area (Å²) in [5.41, 5.74) is 6.32. The predicted octanol–water partition coefficient (Wildman–Crippen LogP) is 7.29. The first kappa shape index (κ1) is 19.1. The van der Waals surface area contributed by atoms with E-state index in [2.05, 4.69) is 68.5 Å². The average molecular weight is 358 g/mol. The fourth-order valence-corrected chi connectivity index (χ4v) is 3.30. The molecule has 0 unspecified atom stereocenters. The fourth-order valence-electron chi connectivity index (χ4n) is 3.30. The zero-order valence-electron chi connectivity index (χ0n) is 16.2. The van der Waals surface area contributed by atoms with E-state index in [1.807, 2.05) is 6.08 Å². The first-order valence-electron chi connectivity index (χ1n) is 9.75. The minimum atomic E-state index is -0.203. The Morgan fingerprint density at radius 2 is 1.26 bits per heavy atom. The Bertz CT molecular complexity index is 856. The molecule has 0 nitrogen and oxygen atoms in total. The Balaban J connectivity index is 1.60. The van der Waals surface area contributed by atoms with Crippen LogP contribution in [0.5, 0.6) is 0 Å². The second-order valence-electron chi connectivity index (χ2n) is 7.22. The summed E-state index contributed by atoms with van der Waals surface area (Å²) in [5.74, 6) is 0.298. The summed E-state index contributed by atoms with van der Waals surface area (Å²) in [7, 11) is 0. The molecule has 0 bridgehead atoms. The molecule has 0 aromatic heterocycles. The van der Waals surface area contributed by atoms with Crippen molar-refractivity contribution in [2.24, 2.45) is 0 Å². The van der Waals surface area contributed by atoms with E-state index in [0.717, 1.165) is 24.0 Å². The average Bonchev–Trinajstić information content (AvgIpc) is 2.69. The summed E-state index contributed by atoms with van der Waals surface area (Å²) < 4.78 is 13.0. The Kier molecular flexibility index (Phi) is 6.59. The van der Waals surface area contributed by atoms with Crippen molar-refractivity contribution in [3.8, 4) is 0 Å². The smallest absolute Gasteiger partial charge is 0.123 e. The molecule has 0 amide bonds. The van der Waals surface area contributed by atoms with Crippen LogP contribution in [-0.4, -0.2) is 0 Å². The summed E-state index contributed by atoms with van der Waals surface area (Å²) in [6, 6.07) is 24.3. The zero-order valence-corrected chi connectivity index (χ0v) is 16.2. The highest BCUT2D eigenvalue weighted by molar-refractivity contribution is 5.69. The van der Waals surface area contributed by atoms with Gasteiger partial charge in [-0.1, -0.05) is 93.1 Å². The first-order chi connectivity index (χ1) is 13.1. The molecule has 0 spiro atoms. The van der Waals surface area contributed by atoms with Gasteiger partial charge in [0.15, 0.2) is 0 Å². The Hall–Kier alpha value is -2.67. The van der Waals surface area contributed by atoms with Crippen LogP contribution >= 0.6 is 0 Å². The summed E-state index contributed by atoms with van der Waals surface area (Å²) in [6.45, 7) is 4.51. The third-order valence-electron chi connectivity index (χ3n) is 4.95. The van der Waals surface area contributed by atoms with E-state index in [9.17, 15) is 4.39 Å². The normalized spacial score (nSPS) is 12.4. The van der Waals surface area contributed by atoms with E-state index in [1.54, 1.807) is 12.1 Å². The first-order valence-corrected chi connectivity index (χ1v) is 9.75. The van der Waals surface area contributed by atoms with Crippen LogP contribution in [-0.2, 0) is 12.8 Å². The molecular weight excluding hydrogens is 331 g/mol. The Morgan fingerprint density at radius 1 is 0.741 bits per heavy atom. The minimum Gasteiger partial charge on any atom is -0.207 e. The van der Waals surface area contributed by atoms with Gasteiger partial charge in [0, 0.05) is 0 Å². The van der Waals surface area contributed by atoms with Gasteiger partial charge in [0.05, 0.1) is 0 Å². The van der Waals surface area contributed by atoms with Crippen LogP contribution < -0.4 is 0 Å². The van der Waals surface area contributed by atoms with Crippen molar-refractivity contribution in [2.75, 3.05) is 0 Å². The van der Waals surface area contributed by atoms with E-state index in [-0.39, 0.29) is 5.82 Å². The molecule has 3 rings (SSSR count). The van der Waals surface area contributed by atoms with Gasteiger partial charge in [-0.25, -0.2) is 4.39 Å². The van der Waals surface area contributed by atoms with Gasteiger partial charge in [-0.2, -0.15) is 0 Å². The van der Waals surface area contributed by atoms with Gasteiger partial charge in [0.25, 0.3) is 0 Å². The second kappa shape index (κ2) is 9.32. The summed E-state index contributed by atoms with van der Waals surface area (Å²) in [5, 5.41) is 0. The van der Waals surface area contributed by atoms with E-state index in [1.165, 1.54) is 35.2 Å². The van der Waals surface area contributed by atoms with Crippen LogP contribution in [0.2, 0.25) is 0 Å². The van der Waals surface area contributed by atoms with Gasteiger partial charge < -0.3 is 0 Å². The molecule has 0 aliphatic carbocycles. The van der Waals surface area contributed by atoms with Crippen LogP contribution in [0.3, 0.4) is 0 Å². The van der Waals surface area contributed by atoms with Gasteiger partial charge in [0.2, 0.25) is 0 Å². The molecule has 0 aliphatic heterocycles. The highest BCUT2D eigenvalue weighted by Crippen LogP contribution is 2.22. The maximum atomic E-state index is 13.0. The number of benzene rings is 3. The zero-order chi connectivity index (χ0) is 19.1. The van der Waals surface area contributed by atoms with Crippen LogP contribution in [0, 0.1) is 5.82 Å². The Labute approximate surface area is 162 Å². The van der Waals surface area contributed by atoms with Crippen molar-refractivity contribution in [2.45, 2.75) is 39.0 Å². The molecule has 3 aromatic carbocycles. The minimum absolute atomic E-state index is 0.203. The van der Waals surface area contributed by atoms with Gasteiger partial charge >= 0.3 is 0 Å². The molecule has 138 valence electrons. The molecule has 27 heavy (non-hydrogen) atoms. The molecule has 0 N–H and O–H groups in total. The topological polar surface area (TPSA) is 0 Å². The number of rotatable bonds is 7. The number of hydrogen-bond donors (Lipinski definition) is 0. The maximum absolute atomic E-state index is 13.0. The molecule has 0 saturated carbocycles. The van der Waals surface area contributed by atoms with Crippen molar-refractivity contribution in [3.63, 3.8) is 0 Å². The lowest BCUT2D eigenvalue weighted by molar-refractivity contribution is 0.628. The highest BCUT2D eigenvalue weighted by Gasteiger charge is 2.07. The lowest BCUT2D eigenvalue weighted by atomic mass is 9.92. The van der Waals surface area contributed by atoms with Crippen molar-refractivity contribution < 1.29 is 4.39 Å². The maximum Gasteiger partial charge on any atom is 0.123 e. The van der Waals surface area contributed by atoms with E-state index in [0.29, 0.717) is 5.92 Å². The standard InChI is InChI=1S/C26H27F/c1-3-4-21-11-15-25(16-12-21)20(2)19-24-9-7-22(8-10-24)5-6-23-13-17-26(27)18-14-23/h5-18,20H,3-4,19H2,1-2H3/t20-/m0/s1. The van der Waals surface area contributed by atoms with E-state index >= 15 is 0 Å². The van der Waals surface area contributed by atoms with E-state index in [4.69, 9.17) is 0 Å². The molecular formula is C26H27F. The van der Waals surface area contributed by atoms with Crippen LogP contribution in [0.4, 0.5) is 4.39 Å². The molecule has 1 atom stereocenters. The lowest BCUT2D eigenvalue weighted by Gasteiger charge is -2.13. The highest BCUT2D eigenvalue weighted by atomic mass is 19.1. The number of aryl methyl sites for hydroxylation is 1. The monoisotopic (exact) mass is 358 g/mol. The van der Waals surface area contributed by atoms with Crippen LogP contribution in [0.15, 0.2) is 72.8 Å². The Morgan fingerprint density at radius 3 is 1.81 bits per heavy atom. The summed E-state index contributed by atoms with van der Waals surface area (Å²) >= 11 is 0. The third kappa shape index (κ3) is 5.65. The summed E-state index contributed by atoms with van der Waals surface area (Å²) in [6.07, 6.45) is 7.45. The van der Waals surface area contributed by atoms with E-state index < -0.39 is 0 Å². The van der Waals surface area contributed by atoms with Gasteiger partial charge in [-0.05, 0) is 58.7 Å². The van der Waals surface area contributed by atoms with Gasteiger partial charge in [-0.15, -0.1) is 0 Å². The quantitative estimate of drug-likeness (QED) is 0.389. The summed E-state index contributed by atoms with van der Waals surface area (Å²) in [4.78, 5) is 0. The van der Waals surface area contributed by atoms with Crippen LogP contribution in [0.1, 0.15) is 54.0 Å². The fraction of sp³-hybridized carbons (Fsp3) is 0.231. The molecule has 0 fully saturated rings. The predicted molar refractivity (Wildman–Crippen MR) is 114 cm³/mol. The van der Waals surface area contributed by atoms with Gasteiger partial charge in [0.1, 0.15) is 5.82 Å². The largest absolute Gasteiger partial charge is 0.207 e. The number of halogens is 1. The molecule has 0 radical (unpaired) electrons. The second-order valence-corrected chi connectivity index (χ2v) is 7.22. The van der Waals surface area contributed by atoms with Crippen LogP contribution in [0.25, 0.3) is 12.2 Å². The SMILES string of the molecule is CCCc1ccc([C@@H](C)Cc2ccc(C=Cc3ccc(F)cc3)cc2)cc1. The molecule has 1 heteroatoms. The molecule has 3 aromatic rings. The van der Waals surface area contributed by atoms with Crippen molar-refractivity contribution in [3.05, 3.63) is 106 Å². The van der Waals surface area contributed by atoms with Crippen molar-refractivity contribution in [1.82, 2.24) is 0 Å². The van der Waals surface area contributed by atoms with Crippen molar-refractivity contribution >= 4 is 12.2 Å². The lowest BCUT2D eigenvalue weighted by Crippen LogP contribution is -1.99. The van der Waals surface area contributed by atoms with Crippen molar-refractivity contribution in [1.29, 1.82) is 0 Å². The molecule has 0 saturated heterocycles. The molecule has 0 aliphatic rings. The number of hydrogen-bond acceptors (Lipinski definition) is 0. The van der Waals surface area contributed by atoms with Gasteiger partial charge in [-0.3, -0.25) is 0 Å². The third-order valence-corrected chi connectivity index (χ3v) is 4.95.